The van der Waals surface area contributed by atoms with E-state index in [1.807, 2.05) is 29.7 Å². The molecule has 3 rings (SSSR count). The zero-order chi connectivity index (χ0) is 18.7. The molecule has 6 nitrogen and oxygen atoms in total. The Hall–Kier alpha value is -3.41. The molecule has 132 valence electrons. The molecule has 2 heterocycles. The molecule has 0 atom stereocenters. The molecule has 0 bridgehead atoms. The van der Waals surface area contributed by atoms with E-state index in [2.05, 4.69) is 10.3 Å². The van der Waals surface area contributed by atoms with Crippen molar-refractivity contribution in [1.82, 2.24) is 9.38 Å². The summed E-state index contributed by atoms with van der Waals surface area (Å²) in [6, 6.07) is 8.88. The van der Waals surface area contributed by atoms with E-state index in [-0.39, 0.29) is 11.7 Å². The Balaban J connectivity index is 1.87. The predicted octanol–water partition coefficient (Wildman–Crippen LogP) is 3.51. The Morgan fingerprint density at radius 2 is 2.04 bits per heavy atom. The molecule has 1 aromatic carbocycles. The number of imidazole rings is 1. The maximum absolute atomic E-state index is 12.5. The van der Waals surface area contributed by atoms with Crippen LogP contribution in [0.5, 0.6) is 5.75 Å². The van der Waals surface area contributed by atoms with Gasteiger partial charge in [-0.2, -0.15) is 0 Å². The molecule has 2 aromatic heterocycles. The second-order valence-corrected chi connectivity index (χ2v) is 5.91. The molecular weight excluding hydrogens is 330 g/mol. The average molecular weight is 349 g/mol. The number of hydrogen-bond acceptors (Lipinski definition) is 4. The largest absolute Gasteiger partial charge is 0.495 e. The lowest BCUT2D eigenvalue weighted by molar-refractivity contribution is -0.114. The summed E-state index contributed by atoms with van der Waals surface area (Å²) in [4.78, 5) is 28.2. The minimum absolute atomic E-state index is 0.179. The van der Waals surface area contributed by atoms with E-state index in [9.17, 15) is 9.59 Å². The SMILES string of the molecule is COc1ccc(C(=O)C=Cc2cnc3cc(C)ccn23)cc1NC(C)=O. The number of ketones is 1. The first kappa shape index (κ1) is 17.4. The normalized spacial score (nSPS) is 11.0. The van der Waals surface area contributed by atoms with Crippen LogP contribution in [0.1, 0.15) is 28.5 Å². The number of nitrogens with one attached hydrogen (secondary N) is 1. The third-order valence-electron chi connectivity index (χ3n) is 3.90. The van der Waals surface area contributed by atoms with Gasteiger partial charge in [-0.05, 0) is 55.0 Å². The van der Waals surface area contributed by atoms with Crippen LogP contribution in [0, 0.1) is 6.92 Å². The Morgan fingerprint density at radius 3 is 2.77 bits per heavy atom. The molecular formula is C20H19N3O3. The lowest BCUT2D eigenvalue weighted by atomic mass is 10.1. The lowest BCUT2D eigenvalue weighted by Gasteiger charge is -2.09. The van der Waals surface area contributed by atoms with Crippen LogP contribution in [0.15, 0.2) is 48.8 Å². The number of fused-ring (bicyclic) bond motifs is 1. The molecule has 26 heavy (non-hydrogen) atoms. The maximum Gasteiger partial charge on any atom is 0.221 e. The van der Waals surface area contributed by atoms with Crippen LogP contribution in [-0.4, -0.2) is 28.2 Å². The topological polar surface area (TPSA) is 72.7 Å². The van der Waals surface area contributed by atoms with Gasteiger partial charge in [-0.3, -0.25) is 9.59 Å². The van der Waals surface area contributed by atoms with Gasteiger partial charge in [0.15, 0.2) is 5.78 Å². The van der Waals surface area contributed by atoms with Gasteiger partial charge in [-0.1, -0.05) is 0 Å². The number of carbonyl (C=O) groups is 2. The molecule has 0 radical (unpaired) electrons. The second-order valence-electron chi connectivity index (χ2n) is 5.91. The number of amides is 1. The van der Waals surface area contributed by atoms with Crippen molar-refractivity contribution in [1.29, 1.82) is 0 Å². The summed E-state index contributed by atoms with van der Waals surface area (Å²) >= 11 is 0. The van der Waals surface area contributed by atoms with Crippen molar-refractivity contribution >= 4 is 29.1 Å². The number of carbonyl (C=O) groups excluding carboxylic acids is 2. The van der Waals surface area contributed by atoms with Crippen molar-refractivity contribution in [2.24, 2.45) is 0 Å². The van der Waals surface area contributed by atoms with Crippen LogP contribution in [0.25, 0.3) is 11.7 Å². The van der Waals surface area contributed by atoms with E-state index in [1.165, 1.54) is 20.1 Å². The fourth-order valence-corrected chi connectivity index (χ4v) is 2.63. The Kier molecular flexibility index (Phi) is 4.84. The first-order valence-corrected chi connectivity index (χ1v) is 8.09. The zero-order valence-electron chi connectivity index (χ0n) is 14.8. The third kappa shape index (κ3) is 3.64. The minimum atomic E-state index is -0.232. The van der Waals surface area contributed by atoms with Crippen molar-refractivity contribution in [3.8, 4) is 5.75 Å². The van der Waals surface area contributed by atoms with Crippen molar-refractivity contribution in [2.75, 3.05) is 12.4 Å². The number of methoxy groups -OCH3 is 1. The van der Waals surface area contributed by atoms with Crippen LogP contribution in [0.4, 0.5) is 5.69 Å². The number of aromatic nitrogens is 2. The summed E-state index contributed by atoms with van der Waals surface area (Å²) in [7, 11) is 1.51. The third-order valence-corrected chi connectivity index (χ3v) is 3.90. The van der Waals surface area contributed by atoms with Crippen molar-refractivity contribution in [3.63, 3.8) is 0 Å². The molecule has 6 heteroatoms. The van der Waals surface area contributed by atoms with Gasteiger partial charge in [0.2, 0.25) is 5.91 Å². The lowest BCUT2D eigenvalue weighted by Crippen LogP contribution is -2.08. The monoisotopic (exact) mass is 349 g/mol. The first-order valence-electron chi connectivity index (χ1n) is 8.09. The summed E-state index contributed by atoms with van der Waals surface area (Å²) in [6.07, 6.45) is 6.85. The van der Waals surface area contributed by atoms with Crippen molar-refractivity contribution in [3.05, 3.63) is 65.6 Å². The van der Waals surface area contributed by atoms with E-state index in [0.29, 0.717) is 17.0 Å². The highest BCUT2D eigenvalue weighted by Gasteiger charge is 2.10. The van der Waals surface area contributed by atoms with Gasteiger partial charge in [-0.25, -0.2) is 4.98 Å². The van der Waals surface area contributed by atoms with Crippen molar-refractivity contribution < 1.29 is 14.3 Å². The second kappa shape index (κ2) is 7.23. The van der Waals surface area contributed by atoms with Gasteiger partial charge < -0.3 is 14.5 Å². The highest BCUT2D eigenvalue weighted by Crippen LogP contribution is 2.26. The van der Waals surface area contributed by atoms with Crippen molar-refractivity contribution in [2.45, 2.75) is 13.8 Å². The standard InChI is InChI=1S/C20H19N3O3/c1-13-8-9-23-16(12-21-20(23)10-13)5-6-18(25)15-4-7-19(26-3)17(11-15)22-14(2)24/h4-12H,1-3H3,(H,22,24). The highest BCUT2D eigenvalue weighted by atomic mass is 16.5. The number of hydrogen-bond donors (Lipinski definition) is 1. The van der Waals surface area contributed by atoms with E-state index in [0.717, 1.165) is 16.9 Å². The number of rotatable bonds is 5. The van der Waals surface area contributed by atoms with Gasteiger partial charge in [0.1, 0.15) is 11.4 Å². The average Bonchev–Trinajstić information content (AvgIpc) is 3.01. The Labute approximate surface area is 151 Å². The van der Waals surface area contributed by atoms with E-state index in [4.69, 9.17) is 4.74 Å². The van der Waals surface area contributed by atoms with Crippen LogP contribution in [0.2, 0.25) is 0 Å². The van der Waals surface area contributed by atoms with Gasteiger partial charge >= 0.3 is 0 Å². The van der Waals surface area contributed by atoms with Gasteiger partial charge in [0.25, 0.3) is 0 Å². The van der Waals surface area contributed by atoms with Crippen LogP contribution in [-0.2, 0) is 4.79 Å². The molecule has 1 amide bonds. The molecule has 0 aliphatic heterocycles. The van der Waals surface area contributed by atoms with Gasteiger partial charge in [-0.15, -0.1) is 0 Å². The summed E-state index contributed by atoms with van der Waals surface area (Å²) in [6.45, 7) is 3.41. The van der Waals surface area contributed by atoms with E-state index >= 15 is 0 Å². The molecule has 0 aliphatic rings. The molecule has 0 saturated carbocycles. The number of anilines is 1. The number of ether oxygens (including phenoxy) is 1. The predicted molar refractivity (Wildman–Crippen MR) is 101 cm³/mol. The quantitative estimate of drug-likeness (QED) is 0.565. The number of nitrogens with zero attached hydrogens (tertiary/aromatic N) is 2. The van der Waals surface area contributed by atoms with Crippen LogP contribution < -0.4 is 10.1 Å². The summed E-state index contributed by atoms with van der Waals surface area (Å²) in [5.74, 6) is 0.0867. The summed E-state index contributed by atoms with van der Waals surface area (Å²) < 4.78 is 7.11. The fourth-order valence-electron chi connectivity index (χ4n) is 2.63. The highest BCUT2D eigenvalue weighted by molar-refractivity contribution is 6.08. The number of benzene rings is 1. The fraction of sp³-hybridized carbons (Fsp3) is 0.150. The van der Waals surface area contributed by atoms with E-state index < -0.39 is 0 Å². The summed E-state index contributed by atoms with van der Waals surface area (Å²) in [5.41, 5.74) is 3.68. The molecule has 1 N–H and O–H groups in total. The maximum atomic E-state index is 12.5. The first-order chi connectivity index (χ1) is 12.5. The van der Waals surface area contributed by atoms with Crippen LogP contribution >= 0.6 is 0 Å². The zero-order valence-corrected chi connectivity index (χ0v) is 14.8. The minimum Gasteiger partial charge on any atom is -0.495 e. The summed E-state index contributed by atoms with van der Waals surface area (Å²) in [5, 5.41) is 2.66. The molecule has 0 spiro atoms. The number of allylic oxidation sites excluding steroid dienone is 1. The van der Waals surface area contributed by atoms with Gasteiger partial charge in [0.05, 0.1) is 24.7 Å². The van der Waals surface area contributed by atoms with Gasteiger partial charge in [0, 0.05) is 18.7 Å². The number of pyridine rings is 1. The molecule has 0 fully saturated rings. The number of aryl methyl sites for hydroxylation is 1. The Morgan fingerprint density at radius 1 is 1.23 bits per heavy atom. The molecule has 3 aromatic rings. The molecule has 0 aliphatic carbocycles. The smallest absolute Gasteiger partial charge is 0.221 e. The Bertz CT molecular complexity index is 1020. The van der Waals surface area contributed by atoms with E-state index in [1.54, 1.807) is 30.5 Å². The molecule has 0 unspecified atom stereocenters. The molecule has 0 saturated heterocycles. The van der Waals surface area contributed by atoms with Crippen LogP contribution in [0.3, 0.4) is 0 Å².